The lowest BCUT2D eigenvalue weighted by molar-refractivity contribution is 0.414. The molecular weight excluding hydrogens is 465 g/mol. The molecule has 28 heavy (non-hydrogen) atoms. The summed E-state index contributed by atoms with van der Waals surface area (Å²) in [6.07, 6.45) is 3.85. The van der Waals surface area contributed by atoms with Gasteiger partial charge >= 0.3 is 0 Å². The van der Waals surface area contributed by atoms with E-state index in [-0.39, 0.29) is 24.0 Å². The highest BCUT2D eigenvalue weighted by molar-refractivity contribution is 14.0. The number of aromatic nitrogens is 2. The minimum Gasteiger partial charge on any atom is -0.497 e. The van der Waals surface area contributed by atoms with Gasteiger partial charge in [0.25, 0.3) is 0 Å². The number of hydrogen-bond acceptors (Lipinski definition) is 3. The Morgan fingerprint density at radius 1 is 1.07 bits per heavy atom. The molecule has 0 radical (unpaired) electrons. The van der Waals surface area contributed by atoms with Crippen LogP contribution in [-0.2, 0) is 13.1 Å². The predicted molar refractivity (Wildman–Crippen MR) is 124 cm³/mol. The second-order valence-corrected chi connectivity index (χ2v) is 6.03. The summed E-state index contributed by atoms with van der Waals surface area (Å²) in [5, 5.41) is 11.0. The van der Waals surface area contributed by atoms with Crippen molar-refractivity contribution in [3.05, 3.63) is 78.1 Å². The minimum absolute atomic E-state index is 0. The van der Waals surface area contributed by atoms with E-state index in [1.165, 1.54) is 0 Å². The molecule has 3 rings (SSSR count). The zero-order chi connectivity index (χ0) is 18.9. The Morgan fingerprint density at radius 3 is 2.64 bits per heavy atom. The van der Waals surface area contributed by atoms with Gasteiger partial charge in [-0.05, 0) is 36.8 Å². The monoisotopic (exact) mass is 491 g/mol. The molecule has 0 bridgehead atoms. The van der Waals surface area contributed by atoms with Gasteiger partial charge in [-0.3, -0.25) is 0 Å². The first-order valence-electron chi connectivity index (χ1n) is 9.02. The van der Waals surface area contributed by atoms with Gasteiger partial charge < -0.3 is 15.4 Å². The Labute approximate surface area is 183 Å². The largest absolute Gasteiger partial charge is 0.497 e. The Hall–Kier alpha value is -2.55. The van der Waals surface area contributed by atoms with E-state index in [2.05, 4.69) is 33.7 Å². The van der Waals surface area contributed by atoms with E-state index in [0.717, 1.165) is 35.1 Å². The van der Waals surface area contributed by atoms with E-state index in [1.807, 2.05) is 65.6 Å². The minimum atomic E-state index is 0. The molecule has 2 N–H and O–H groups in total. The zero-order valence-electron chi connectivity index (χ0n) is 16.1. The second-order valence-electron chi connectivity index (χ2n) is 6.03. The molecule has 0 aliphatic heterocycles. The fourth-order valence-electron chi connectivity index (χ4n) is 2.64. The molecule has 0 saturated carbocycles. The summed E-state index contributed by atoms with van der Waals surface area (Å²) in [5.74, 6) is 1.62. The van der Waals surface area contributed by atoms with E-state index in [4.69, 9.17) is 4.74 Å². The van der Waals surface area contributed by atoms with Gasteiger partial charge in [-0.2, -0.15) is 5.10 Å². The SMILES string of the molecule is CCNC(=NCc1cnn(-c2ccccc2)c1)NCc1cccc(OC)c1.I. The van der Waals surface area contributed by atoms with Gasteiger partial charge in [-0.15, -0.1) is 24.0 Å². The summed E-state index contributed by atoms with van der Waals surface area (Å²) in [4.78, 5) is 4.66. The first kappa shape index (κ1) is 21.7. The van der Waals surface area contributed by atoms with Crippen LogP contribution in [0, 0.1) is 0 Å². The molecule has 3 aromatic rings. The molecule has 0 aliphatic rings. The number of nitrogens with zero attached hydrogens (tertiary/aromatic N) is 3. The van der Waals surface area contributed by atoms with Crippen LogP contribution in [0.2, 0.25) is 0 Å². The molecule has 0 atom stereocenters. The lowest BCUT2D eigenvalue weighted by atomic mass is 10.2. The molecule has 2 aromatic carbocycles. The molecule has 7 heteroatoms. The van der Waals surface area contributed by atoms with Crippen LogP contribution in [0.15, 0.2) is 72.0 Å². The van der Waals surface area contributed by atoms with Gasteiger partial charge in [0.05, 0.1) is 25.5 Å². The average molecular weight is 491 g/mol. The van der Waals surface area contributed by atoms with E-state index in [9.17, 15) is 0 Å². The van der Waals surface area contributed by atoms with Crippen LogP contribution >= 0.6 is 24.0 Å². The Morgan fingerprint density at radius 2 is 1.89 bits per heavy atom. The van der Waals surface area contributed by atoms with Crippen molar-refractivity contribution in [2.45, 2.75) is 20.0 Å². The van der Waals surface area contributed by atoms with Crippen LogP contribution < -0.4 is 15.4 Å². The number of rotatable bonds is 7. The second kappa shape index (κ2) is 11.3. The molecule has 1 heterocycles. The van der Waals surface area contributed by atoms with Crippen molar-refractivity contribution < 1.29 is 4.74 Å². The molecule has 6 nitrogen and oxygen atoms in total. The van der Waals surface area contributed by atoms with E-state index >= 15 is 0 Å². The van der Waals surface area contributed by atoms with Gasteiger partial charge in [0.1, 0.15) is 5.75 Å². The summed E-state index contributed by atoms with van der Waals surface area (Å²) in [7, 11) is 1.67. The van der Waals surface area contributed by atoms with Crippen molar-refractivity contribution in [3.8, 4) is 11.4 Å². The van der Waals surface area contributed by atoms with Crippen molar-refractivity contribution in [1.82, 2.24) is 20.4 Å². The number of methoxy groups -OCH3 is 1. The first-order chi connectivity index (χ1) is 13.3. The van der Waals surface area contributed by atoms with Crippen LogP contribution in [0.5, 0.6) is 5.75 Å². The molecule has 0 saturated heterocycles. The summed E-state index contributed by atoms with van der Waals surface area (Å²) in [6, 6.07) is 18.0. The Bertz CT molecular complexity index is 879. The van der Waals surface area contributed by atoms with Crippen LogP contribution in [0.1, 0.15) is 18.1 Å². The summed E-state index contributed by atoms with van der Waals surface area (Å²) >= 11 is 0. The Kier molecular flexibility index (Phi) is 8.80. The fourth-order valence-corrected chi connectivity index (χ4v) is 2.64. The highest BCUT2D eigenvalue weighted by Gasteiger charge is 2.03. The normalized spacial score (nSPS) is 10.9. The number of aliphatic imine (C=N–C) groups is 1. The number of hydrogen-bond donors (Lipinski definition) is 2. The molecule has 0 aliphatic carbocycles. The third-order valence-corrected chi connectivity index (χ3v) is 4.01. The summed E-state index contributed by atoms with van der Waals surface area (Å²) in [5.41, 5.74) is 3.23. The highest BCUT2D eigenvalue weighted by atomic mass is 127. The van der Waals surface area contributed by atoms with Crippen LogP contribution in [0.3, 0.4) is 0 Å². The van der Waals surface area contributed by atoms with E-state index in [0.29, 0.717) is 13.1 Å². The fraction of sp³-hybridized carbons (Fsp3) is 0.238. The number of nitrogens with one attached hydrogen (secondary N) is 2. The quantitative estimate of drug-likeness (QED) is 0.300. The summed E-state index contributed by atoms with van der Waals surface area (Å²) in [6.45, 7) is 4.08. The smallest absolute Gasteiger partial charge is 0.191 e. The van der Waals surface area contributed by atoms with E-state index in [1.54, 1.807) is 7.11 Å². The van der Waals surface area contributed by atoms with Gasteiger partial charge in [-0.25, -0.2) is 9.67 Å². The third kappa shape index (κ3) is 6.26. The van der Waals surface area contributed by atoms with Crippen molar-refractivity contribution in [1.29, 1.82) is 0 Å². The number of para-hydroxylation sites is 1. The maximum atomic E-state index is 5.27. The van der Waals surface area contributed by atoms with Gasteiger partial charge in [0, 0.05) is 24.8 Å². The summed E-state index contributed by atoms with van der Waals surface area (Å²) < 4.78 is 7.13. The van der Waals surface area contributed by atoms with Crippen LogP contribution in [0.25, 0.3) is 5.69 Å². The molecule has 0 amide bonds. The number of guanidine groups is 1. The number of ether oxygens (including phenoxy) is 1. The molecule has 0 fully saturated rings. The maximum absolute atomic E-state index is 5.27. The van der Waals surface area contributed by atoms with Gasteiger partial charge in [0.15, 0.2) is 5.96 Å². The molecule has 0 unspecified atom stereocenters. The molecule has 1 aromatic heterocycles. The predicted octanol–water partition coefficient (Wildman–Crippen LogP) is 3.75. The van der Waals surface area contributed by atoms with E-state index < -0.39 is 0 Å². The van der Waals surface area contributed by atoms with Gasteiger partial charge in [-0.1, -0.05) is 30.3 Å². The van der Waals surface area contributed by atoms with Crippen molar-refractivity contribution in [2.75, 3.05) is 13.7 Å². The van der Waals surface area contributed by atoms with Crippen molar-refractivity contribution >= 4 is 29.9 Å². The zero-order valence-corrected chi connectivity index (χ0v) is 18.5. The maximum Gasteiger partial charge on any atom is 0.191 e. The topological polar surface area (TPSA) is 63.5 Å². The standard InChI is InChI=1S/C21H25N5O.HI/c1-3-22-21(23-13-17-8-7-11-20(12-17)27-2)24-14-18-15-25-26(16-18)19-9-5-4-6-10-19;/h4-12,15-16H,3,13-14H2,1-2H3,(H2,22,23,24);1H. The number of halogens is 1. The first-order valence-corrected chi connectivity index (χ1v) is 9.02. The van der Waals surface area contributed by atoms with Crippen molar-refractivity contribution in [2.24, 2.45) is 4.99 Å². The molecule has 0 spiro atoms. The van der Waals surface area contributed by atoms with Crippen LogP contribution in [-0.4, -0.2) is 29.4 Å². The molecular formula is C21H26IN5O. The van der Waals surface area contributed by atoms with Crippen LogP contribution in [0.4, 0.5) is 0 Å². The Balaban J connectivity index is 0.00000280. The lowest BCUT2D eigenvalue weighted by Gasteiger charge is -2.11. The molecule has 148 valence electrons. The third-order valence-electron chi connectivity index (χ3n) is 4.01. The number of benzene rings is 2. The highest BCUT2D eigenvalue weighted by Crippen LogP contribution is 2.12. The van der Waals surface area contributed by atoms with Gasteiger partial charge in [0.2, 0.25) is 0 Å². The lowest BCUT2D eigenvalue weighted by Crippen LogP contribution is -2.36. The average Bonchev–Trinajstić information content (AvgIpc) is 3.20. The van der Waals surface area contributed by atoms with Crippen molar-refractivity contribution in [3.63, 3.8) is 0 Å².